The molecular weight excluding hydrogens is 332 g/mol. The van der Waals surface area contributed by atoms with Crippen LogP contribution in [0.5, 0.6) is 5.75 Å². The van der Waals surface area contributed by atoms with Crippen LogP contribution < -0.4 is 9.64 Å². The lowest BCUT2D eigenvalue weighted by Gasteiger charge is -2.16. The minimum absolute atomic E-state index is 0.0276. The first kappa shape index (κ1) is 16.9. The van der Waals surface area contributed by atoms with Gasteiger partial charge in [-0.25, -0.2) is 8.78 Å². The molecule has 0 unspecified atom stereocenters. The van der Waals surface area contributed by atoms with Crippen LogP contribution >= 0.6 is 0 Å². The number of rotatable bonds is 5. The smallest absolute Gasteiger partial charge is 0.308 e. The van der Waals surface area contributed by atoms with Gasteiger partial charge in [0.1, 0.15) is 24.0 Å². The molecule has 1 saturated heterocycles. The summed E-state index contributed by atoms with van der Waals surface area (Å²) in [5, 5.41) is 9.00. The molecular formula is C18H15F2NO4. The summed E-state index contributed by atoms with van der Waals surface area (Å²) in [6, 6.07) is 9.93. The number of carboxylic acid groups (broad SMARTS) is 1. The summed E-state index contributed by atoms with van der Waals surface area (Å²) in [7, 11) is 0. The molecule has 130 valence electrons. The van der Waals surface area contributed by atoms with Gasteiger partial charge < -0.3 is 14.7 Å². The summed E-state index contributed by atoms with van der Waals surface area (Å²) >= 11 is 0. The molecule has 0 aromatic heterocycles. The molecule has 1 amide bonds. The van der Waals surface area contributed by atoms with E-state index >= 15 is 0 Å². The van der Waals surface area contributed by atoms with Crippen LogP contribution in [0.2, 0.25) is 0 Å². The Labute approximate surface area is 142 Å². The maximum absolute atomic E-state index is 13.6. The summed E-state index contributed by atoms with van der Waals surface area (Å²) in [5.41, 5.74) is 0.392. The van der Waals surface area contributed by atoms with Gasteiger partial charge in [-0.3, -0.25) is 9.59 Å². The van der Waals surface area contributed by atoms with E-state index in [1.807, 2.05) is 0 Å². The highest BCUT2D eigenvalue weighted by Gasteiger charge is 2.34. The van der Waals surface area contributed by atoms with Gasteiger partial charge in [-0.15, -0.1) is 0 Å². The van der Waals surface area contributed by atoms with Gasteiger partial charge in [0.05, 0.1) is 11.5 Å². The lowest BCUT2D eigenvalue weighted by molar-refractivity contribution is -0.141. The molecule has 0 bridgehead atoms. The van der Waals surface area contributed by atoms with E-state index in [0.29, 0.717) is 11.4 Å². The predicted molar refractivity (Wildman–Crippen MR) is 85.2 cm³/mol. The number of carbonyl (C=O) groups excluding carboxylic acids is 1. The second-order valence-corrected chi connectivity index (χ2v) is 5.73. The third-order valence-electron chi connectivity index (χ3n) is 4.07. The zero-order valence-corrected chi connectivity index (χ0v) is 13.1. The number of ether oxygens (including phenoxy) is 1. The molecule has 1 heterocycles. The van der Waals surface area contributed by atoms with Crippen molar-refractivity contribution in [1.82, 2.24) is 0 Å². The van der Waals surface area contributed by atoms with E-state index in [-0.39, 0.29) is 31.0 Å². The van der Waals surface area contributed by atoms with E-state index in [0.717, 1.165) is 12.1 Å². The monoisotopic (exact) mass is 347 g/mol. The number of halogens is 2. The number of carboxylic acids is 1. The van der Waals surface area contributed by atoms with Crippen molar-refractivity contribution in [2.24, 2.45) is 5.92 Å². The van der Waals surface area contributed by atoms with Crippen LogP contribution in [0, 0.1) is 17.6 Å². The molecule has 0 aliphatic carbocycles. The van der Waals surface area contributed by atoms with E-state index in [1.165, 1.54) is 11.0 Å². The minimum atomic E-state index is -0.997. The first-order valence-corrected chi connectivity index (χ1v) is 7.64. The van der Waals surface area contributed by atoms with Crippen LogP contribution in [0.4, 0.5) is 14.5 Å². The quantitative estimate of drug-likeness (QED) is 0.903. The van der Waals surface area contributed by atoms with Crippen molar-refractivity contribution in [3.63, 3.8) is 0 Å². The van der Waals surface area contributed by atoms with Gasteiger partial charge in [0.15, 0.2) is 0 Å². The van der Waals surface area contributed by atoms with Gasteiger partial charge >= 0.3 is 5.97 Å². The standard InChI is InChI=1S/C18H15F2NO4/c19-15-2-1-3-16(20)14(15)10-25-13-6-4-12(5-7-13)21-9-11(18(23)24)8-17(21)22/h1-7,11H,8-10H2,(H,23,24)/t11-/m0/s1. The van der Waals surface area contributed by atoms with Gasteiger partial charge in [0.2, 0.25) is 5.91 Å². The molecule has 1 aliphatic rings. The van der Waals surface area contributed by atoms with Crippen molar-refractivity contribution >= 4 is 17.6 Å². The molecule has 0 radical (unpaired) electrons. The van der Waals surface area contributed by atoms with Crippen LogP contribution in [0.25, 0.3) is 0 Å². The SMILES string of the molecule is O=C(O)[C@H]1CC(=O)N(c2ccc(OCc3c(F)cccc3F)cc2)C1. The Morgan fingerprint density at radius 3 is 2.36 bits per heavy atom. The van der Waals surface area contributed by atoms with Crippen molar-refractivity contribution in [1.29, 1.82) is 0 Å². The van der Waals surface area contributed by atoms with E-state index < -0.39 is 23.5 Å². The van der Waals surface area contributed by atoms with E-state index in [2.05, 4.69) is 0 Å². The number of aliphatic carboxylic acids is 1. The number of amides is 1. The molecule has 7 heteroatoms. The Morgan fingerprint density at radius 2 is 1.80 bits per heavy atom. The third kappa shape index (κ3) is 3.60. The Kier molecular flexibility index (Phi) is 4.65. The van der Waals surface area contributed by atoms with Crippen LogP contribution in [0.3, 0.4) is 0 Å². The molecule has 1 aliphatic heterocycles. The summed E-state index contributed by atoms with van der Waals surface area (Å²) in [6.45, 7) is -0.142. The Bertz CT molecular complexity index is 787. The zero-order valence-electron chi connectivity index (χ0n) is 13.1. The van der Waals surface area contributed by atoms with Gasteiger partial charge in [0.25, 0.3) is 0 Å². The zero-order chi connectivity index (χ0) is 18.0. The van der Waals surface area contributed by atoms with Crippen molar-refractivity contribution in [3.8, 4) is 5.75 Å². The van der Waals surface area contributed by atoms with Gasteiger partial charge in [-0.1, -0.05) is 6.07 Å². The molecule has 2 aromatic rings. The van der Waals surface area contributed by atoms with Crippen molar-refractivity contribution in [2.45, 2.75) is 13.0 Å². The topological polar surface area (TPSA) is 66.8 Å². The van der Waals surface area contributed by atoms with Crippen LogP contribution in [0.1, 0.15) is 12.0 Å². The minimum Gasteiger partial charge on any atom is -0.489 e. The average Bonchev–Trinajstić information content (AvgIpc) is 2.97. The molecule has 3 rings (SSSR count). The largest absolute Gasteiger partial charge is 0.489 e. The highest BCUT2D eigenvalue weighted by Crippen LogP contribution is 2.27. The first-order chi connectivity index (χ1) is 12.0. The lowest BCUT2D eigenvalue weighted by Crippen LogP contribution is -2.25. The number of benzene rings is 2. The molecule has 0 spiro atoms. The van der Waals surface area contributed by atoms with Crippen LogP contribution in [-0.4, -0.2) is 23.5 Å². The third-order valence-corrected chi connectivity index (χ3v) is 4.07. The Hall–Kier alpha value is -2.96. The average molecular weight is 347 g/mol. The fraction of sp³-hybridized carbons (Fsp3) is 0.222. The Morgan fingerprint density at radius 1 is 1.16 bits per heavy atom. The van der Waals surface area contributed by atoms with Crippen molar-refractivity contribution < 1.29 is 28.2 Å². The number of hydrogen-bond acceptors (Lipinski definition) is 3. The first-order valence-electron chi connectivity index (χ1n) is 7.64. The number of hydrogen-bond donors (Lipinski definition) is 1. The predicted octanol–water partition coefficient (Wildman–Crippen LogP) is 2.98. The number of carbonyl (C=O) groups is 2. The fourth-order valence-corrected chi connectivity index (χ4v) is 2.67. The van der Waals surface area contributed by atoms with Crippen LogP contribution in [0.15, 0.2) is 42.5 Å². The second-order valence-electron chi connectivity index (χ2n) is 5.73. The summed E-state index contributed by atoms with van der Waals surface area (Å²) in [4.78, 5) is 24.3. The second kappa shape index (κ2) is 6.88. The highest BCUT2D eigenvalue weighted by atomic mass is 19.1. The maximum Gasteiger partial charge on any atom is 0.308 e. The van der Waals surface area contributed by atoms with Crippen molar-refractivity contribution in [3.05, 3.63) is 59.7 Å². The maximum atomic E-state index is 13.6. The molecule has 0 saturated carbocycles. The normalized spacial score (nSPS) is 17.0. The molecule has 1 atom stereocenters. The molecule has 25 heavy (non-hydrogen) atoms. The molecule has 5 nitrogen and oxygen atoms in total. The van der Waals surface area contributed by atoms with E-state index in [1.54, 1.807) is 24.3 Å². The van der Waals surface area contributed by atoms with Gasteiger partial charge in [0, 0.05) is 18.7 Å². The molecule has 2 aromatic carbocycles. The number of nitrogens with zero attached hydrogens (tertiary/aromatic N) is 1. The summed E-state index contributed by atoms with van der Waals surface area (Å²) in [5.74, 6) is -2.95. The van der Waals surface area contributed by atoms with Gasteiger partial charge in [-0.05, 0) is 36.4 Å². The Balaban J connectivity index is 1.67. The molecule has 1 fully saturated rings. The van der Waals surface area contributed by atoms with Crippen LogP contribution in [-0.2, 0) is 16.2 Å². The van der Waals surface area contributed by atoms with E-state index in [4.69, 9.17) is 9.84 Å². The number of anilines is 1. The molecule has 1 N–H and O–H groups in total. The lowest BCUT2D eigenvalue weighted by atomic mass is 10.1. The highest BCUT2D eigenvalue weighted by molar-refractivity contribution is 5.99. The fourth-order valence-electron chi connectivity index (χ4n) is 2.67. The summed E-state index contributed by atoms with van der Waals surface area (Å²) < 4.78 is 32.5. The van der Waals surface area contributed by atoms with Crippen molar-refractivity contribution in [2.75, 3.05) is 11.4 Å². The summed E-state index contributed by atoms with van der Waals surface area (Å²) in [6.07, 6.45) is -0.0276. The van der Waals surface area contributed by atoms with Gasteiger partial charge in [-0.2, -0.15) is 0 Å². The van der Waals surface area contributed by atoms with E-state index in [9.17, 15) is 18.4 Å².